The number of nitrogens with zero attached hydrogens (tertiary/aromatic N) is 1. The van der Waals surface area contributed by atoms with E-state index in [4.69, 9.17) is 0 Å². The predicted molar refractivity (Wildman–Crippen MR) is 36.9 cm³/mol. The molecule has 0 saturated carbocycles. The number of hydrogen-bond acceptors (Lipinski definition) is 2. The first-order chi connectivity index (χ1) is 4.27. The van der Waals surface area contributed by atoms with Gasteiger partial charge in [0.15, 0.2) is 0 Å². The van der Waals surface area contributed by atoms with Gasteiger partial charge < -0.3 is 0 Å². The lowest BCUT2D eigenvalue weighted by Crippen LogP contribution is -2.31. The van der Waals surface area contributed by atoms with Crippen molar-refractivity contribution in [3.8, 4) is 0 Å². The molecule has 0 heterocycles. The van der Waals surface area contributed by atoms with Crippen LogP contribution in [-0.4, -0.2) is 32.3 Å². The van der Waals surface area contributed by atoms with Crippen LogP contribution in [-0.2, 0) is 0 Å². The largest absolute Gasteiger partial charge is 0.256 e. The maximum absolute atomic E-state index is 11.5. The molecule has 0 radical (unpaired) electrons. The number of unbranched alkanes of at least 4 members (excludes halogenated alkanes) is 1. The third kappa shape index (κ3) is 7.85. The van der Waals surface area contributed by atoms with Gasteiger partial charge in [0, 0.05) is 20.6 Å². The molecule has 0 amide bonds. The molecule has 0 aliphatic heterocycles. The lowest BCUT2D eigenvalue weighted by molar-refractivity contribution is 0.283. The van der Waals surface area contributed by atoms with E-state index in [0.717, 1.165) is 13.0 Å². The molecular formula is C6H15FN2. The van der Waals surface area contributed by atoms with Crippen molar-refractivity contribution < 1.29 is 4.39 Å². The molecule has 3 heteroatoms. The molecule has 2 nitrogen and oxygen atoms in total. The molecule has 56 valence electrons. The van der Waals surface area contributed by atoms with Crippen molar-refractivity contribution in [2.75, 3.05) is 27.3 Å². The monoisotopic (exact) mass is 134 g/mol. The predicted octanol–water partition coefficient (Wildman–Crippen LogP) is 0.802. The van der Waals surface area contributed by atoms with Gasteiger partial charge in [-0.25, -0.2) is 0 Å². The summed E-state index contributed by atoms with van der Waals surface area (Å²) in [4.78, 5) is 0. The minimum absolute atomic E-state index is 0.199. The molecule has 9 heavy (non-hydrogen) atoms. The summed E-state index contributed by atoms with van der Waals surface area (Å²) in [7, 11) is 3.85. The molecule has 0 fully saturated rings. The van der Waals surface area contributed by atoms with Crippen LogP contribution in [0.2, 0.25) is 0 Å². The van der Waals surface area contributed by atoms with Gasteiger partial charge in [-0.15, -0.1) is 0 Å². The van der Waals surface area contributed by atoms with Crippen LogP contribution in [0.5, 0.6) is 0 Å². The van der Waals surface area contributed by atoms with Crippen molar-refractivity contribution >= 4 is 0 Å². The van der Waals surface area contributed by atoms with Gasteiger partial charge in [-0.1, -0.05) is 0 Å². The maximum Gasteiger partial charge on any atom is 0.0894 e. The number of halogens is 1. The zero-order valence-corrected chi connectivity index (χ0v) is 6.15. The van der Waals surface area contributed by atoms with Gasteiger partial charge >= 0.3 is 0 Å². The van der Waals surface area contributed by atoms with E-state index in [1.807, 2.05) is 19.1 Å². The van der Waals surface area contributed by atoms with E-state index in [-0.39, 0.29) is 6.67 Å². The fourth-order valence-electron chi connectivity index (χ4n) is 0.522. The van der Waals surface area contributed by atoms with Crippen LogP contribution in [0.3, 0.4) is 0 Å². The van der Waals surface area contributed by atoms with Crippen molar-refractivity contribution in [1.82, 2.24) is 10.4 Å². The highest BCUT2D eigenvalue weighted by Gasteiger charge is 1.87. The Morgan fingerprint density at radius 2 is 2.00 bits per heavy atom. The first kappa shape index (κ1) is 8.85. The third-order valence-electron chi connectivity index (χ3n) is 0.988. The highest BCUT2D eigenvalue weighted by atomic mass is 19.1. The molecular weight excluding hydrogens is 119 g/mol. The summed E-state index contributed by atoms with van der Waals surface area (Å²) in [6, 6.07) is 0. The normalized spacial score (nSPS) is 10.7. The van der Waals surface area contributed by atoms with Crippen molar-refractivity contribution in [2.45, 2.75) is 12.8 Å². The quantitative estimate of drug-likeness (QED) is 0.442. The molecule has 0 aliphatic rings. The number of hydrogen-bond donors (Lipinski definition) is 1. The maximum atomic E-state index is 11.5. The summed E-state index contributed by atoms with van der Waals surface area (Å²) >= 11 is 0. The van der Waals surface area contributed by atoms with Crippen LogP contribution in [0.15, 0.2) is 0 Å². The van der Waals surface area contributed by atoms with E-state index >= 15 is 0 Å². The fourth-order valence-corrected chi connectivity index (χ4v) is 0.522. The highest BCUT2D eigenvalue weighted by molar-refractivity contribution is 4.40. The molecule has 0 bridgehead atoms. The minimum Gasteiger partial charge on any atom is -0.256 e. The third-order valence-corrected chi connectivity index (χ3v) is 0.988. The van der Waals surface area contributed by atoms with E-state index in [9.17, 15) is 4.39 Å². The van der Waals surface area contributed by atoms with Crippen LogP contribution in [0.25, 0.3) is 0 Å². The van der Waals surface area contributed by atoms with Gasteiger partial charge in [0.05, 0.1) is 6.67 Å². The van der Waals surface area contributed by atoms with E-state index in [1.54, 1.807) is 0 Å². The van der Waals surface area contributed by atoms with Crippen LogP contribution in [0.4, 0.5) is 4.39 Å². The first-order valence-electron chi connectivity index (χ1n) is 3.24. The Hall–Kier alpha value is -0.150. The Balaban J connectivity index is 2.75. The number of alkyl halides is 1. The van der Waals surface area contributed by atoms with Crippen molar-refractivity contribution in [2.24, 2.45) is 0 Å². The lowest BCUT2D eigenvalue weighted by atomic mass is 10.3. The molecule has 1 N–H and O–H groups in total. The van der Waals surface area contributed by atoms with E-state index in [1.165, 1.54) is 0 Å². The van der Waals surface area contributed by atoms with E-state index < -0.39 is 0 Å². The SMILES string of the molecule is CN(C)NCCCCF. The van der Waals surface area contributed by atoms with Crippen molar-refractivity contribution in [3.05, 3.63) is 0 Å². The summed E-state index contributed by atoms with van der Waals surface area (Å²) in [5, 5.41) is 1.87. The number of rotatable bonds is 5. The van der Waals surface area contributed by atoms with Crippen molar-refractivity contribution in [1.29, 1.82) is 0 Å². The number of nitrogens with one attached hydrogen (secondary N) is 1. The molecule has 0 aromatic heterocycles. The average Bonchev–Trinajstić information content (AvgIpc) is 1.80. The molecule has 0 aliphatic carbocycles. The van der Waals surface area contributed by atoms with Gasteiger partial charge in [0.25, 0.3) is 0 Å². The van der Waals surface area contributed by atoms with Gasteiger partial charge in [-0.2, -0.15) is 0 Å². The zero-order valence-electron chi connectivity index (χ0n) is 6.15. The standard InChI is InChI=1S/C6H15FN2/c1-9(2)8-6-4-3-5-7/h8H,3-6H2,1-2H3. The van der Waals surface area contributed by atoms with Crippen LogP contribution >= 0.6 is 0 Å². The minimum atomic E-state index is -0.199. The van der Waals surface area contributed by atoms with Gasteiger partial charge in [-0.3, -0.25) is 14.8 Å². The molecule has 0 aromatic rings. The van der Waals surface area contributed by atoms with Crippen molar-refractivity contribution in [3.63, 3.8) is 0 Å². The molecule has 0 unspecified atom stereocenters. The van der Waals surface area contributed by atoms with E-state index in [2.05, 4.69) is 5.43 Å². The summed E-state index contributed by atoms with van der Waals surface area (Å²) in [5.41, 5.74) is 3.05. The summed E-state index contributed by atoms with van der Waals surface area (Å²) in [6.07, 6.45) is 1.58. The van der Waals surface area contributed by atoms with Gasteiger partial charge in [-0.05, 0) is 12.8 Å². The molecule has 0 spiro atoms. The second-order valence-corrected chi connectivity index (χ2v) is 2.20. The summed E-state index contributed by atoms with van der Waals surface area (Å²) in [5.74, 6) is 0. The second-order valence-electron chi connectivity index (χ2n) is 2.20. The Morgan fingerprint density at radius 1 is 1.33 bits per heavy atom. The van der Waals surface area contributed by atoms with Crippen LogP contribution < -0.4 is 5.43 Å². The second kappa shape index (κ2) is 5.98. The topological polar surface area (TPSA) is 15.3 Å². The van der Waals surface area contributed by atoms with Crippen LogP contribution in [0, 0.1) is 0 Å². The zero-order chi connectivity index (χ0) is 7.11. The van der Waals surface area contributed by atoms with Gasteiger partial charge in [0.1, 0.15) is 0 Å². The Morgan fingerprint density at radius 3 is 2.44 bits per heavy atom. The molecule has 0 atom stereocenters. The Bertz CT molecular complexity index is 57.0. The smallest absolute Gasteiger partial charge is 0.0894 e. The Kier molecular flexibility index (Phi) is 5.88. The fraction of sp³-hybridized carbons (Fsp3) is 1.00. The van der Waals surface area contributed by atoms with E-state index in [0.29, 0.717) is 6.42 Å². The number of hydrazine groups is 1. The summed E-state index contributed by atoms with van der Waals surface area (Å²) < 4.78 is 11.5. The average molecular weight is 134 g/mol. The summed E-state index contributed by atoms with van der Waals surface area (Å²) in [6.45, 7) is 0.673. The first-order valence-corrected chi connectivity index (χ1v) is 3.24. The molecule has 0 saturated heterocycles. The molecule has 0 rings (SSSR count). The molecule has 0 aromatic carbocycles. The lowest BCUT2D eigenvalue weighted by Gasteiger charge is -2.10. The highest BCUT2D eigenvalue weighted by Crippen LogP contribution is 1.86. The Labute approximate surface area is 56.0 Å². The van der Waals surface area contributed by atoms with Crippen LogP contribution in [0.1, 0.15) is 12.8 Å². The van der Waals surface area contributed by atoms with Gasteiger partial charge in [0.2, 0.25) is 0 Å².